The Bertz CT molecular complexity index is 608. The number of nitrogens with zero attached hydrogens (tertiary/aromatic N) is 4. The minimum absolute atomic E-state index is 0.149. The summed E-state index contributed by atoms with van der Waals surface area (Å²) in [4.78, 5) is 19.7. The van der Waals surface area contributed by atoms with Crippen LogP contribution >= 0.6 is 11.6 Å². The number of halogens is 1. The molecule has 2 rings (SSSR count). The van der Waals surface area contributed by atoms with E-state index in [1.807, 2.05) is 13.8 Å². The van der Waals surface area contributed by atoms with Crippen molar-refractivity contribution in [1.82, 2.24) is 25.1 Å². The quantitative estimate of drug-likeness (QED) is 0.870. The zero-order valence-corrected chi connectivity index (χ0v) is 11.6. The molecule has 0 aliphatic carbocycles. The van der Waals surface area contributed by atoms with Crippen LogP contribution in [0.5, 0.6) is 0 Å². The van der Waals surface area contributed by atoms with E-state index >= 15 is 0 Å². The van der Waals surface area contributed by atoms with Crippen LogP contribution in [0.4, 0.5) is 0 Å². The third kappa shape index (κ3) is 2.58. The van der Waals surface area contributed by atoms with E-state index in [4.69, 9.17) is 11.6 Å². The first kappa shape index (κ1) is 13.5. The van der Waals surface area contributed by atoms with Crippen molar-refractivity contribution in [2.75, 3.05) is 7.05 Å². The van der Waals surface area contributed by atoms with Gasteiger partial charge < -0.3 is 5.32 Å². The fourth-order valence-electron chi connectivity index (χ4n) is 1.74. The Morgan fingerprint density at radius 1 is 1.42 bits per heavy atom. The molecule has 1 N–H and O–H groups in total. The molecule has 0 atom stereocenters. The predicted molar refractivity (Wildman–Crippen MR) is 71.6 cm³/mol. The monoisotopic (exact) mass is 279 g/mol. The highest BCUT2D eigenvalue weighted by Gasteiger charge is 2.17. The van der Waals surface area contributed by atoms with Gasteiger partial charge in [-0.25, -0.2) is 14.6 Å². The minimum atomic E-state index is -0.245. The lowest BCUT2D eigenvalue weighted by molar-refractivity contribution is 0.0957. The molecular weight excluding hydrogens is 266 g/mol. The standard InChI is InChI=1S/C12H14ClN5O/c1-7(2)9-10(13)15-6-16-11(9)18-5-4-8(17-18)12(19)14-3/h4-7H,1-3H3,(H,14,19). The molecule has 6 nitrogen and oxygen atoms in total. The van der Waals surface area contributed by atoms with Gasteiger partial charge in [-0.2, -0.15) is 5.10 Å². The number of nitrogens with one attached hydrogen (secondary N) is 1. The summed E-state index contributed by atoms with van der Waals surface area (Å²) in [7, 11) is 1.56. The Hall–Kier alpha value is -1.95. The van der Waals surface area contributed by atoms with Crippen molar-refractivity contribution in [3.63, 3.8) is 0 Å². The van der Waals surface area contributed by atoms with Crippen LogP contribution in [0.25, 0.3) is 5.82 Å². The van der Waals surface area contributed by atoms with Crippen LogP contribution in [0, 0.1) is 0 Å². The van der Waals surface area contributed by atoms with Gasteiger partial charge in [-0.15, -0.1) is 0 Å². The summed E-state index contributed by atoms with van der Waals surface area (Å²) in [5.41, 5.74) is 1.13. The summed E-state index contributed by atoms with van der Waals surface area (Å²) in [5, 5.41) is 7.11. The zero-order chi connectivity index (χ0) is 14.0. The van der Waals surface area contributed by atoms with Gasteiger partial charge in [0.25, 0.3) is 5.91 Å². The van der Waals surface area contributed by atoms with Crippen molar-refractivity contribution in [3.05, 3.63) is 35.0 Å². The Kier molecular flexibility index (Phi) is 3.80. The highest BCUT2D eigenvalue weighted by Crippen LogP contribution is 2.26. The van der Waals surface area contributed by atoms with Gasteiger partial charge >= 0.3 is 0 Å². The lowest BCUT2D eigenvalue weighted by atomic mass is 10.1. The maximum Gasteiger partial charge on any atom is 0.271 e. The summed E-state index contributed by atoms with van der Waals surface area (Å²) >= 11 is 6.10. The van der Waals surface area contributed by atoms with Crippen molar-refractivity contribution in [2.24, 2.45) is 0 Å². The van der Waals surface area contributed by atoms with Crippen molar-refractivity contribution in [1.29, 1.82) is 0 Å². The van der Waals surface area contributed by atoms with Crippen LogP contribution in [-0.4, -0.2) is 32.7 Å². The van der Waals surface area contributed by atoms with Gasteiger partial charge in [-0.3, -0.25) is 4.79 Å². The number of amides is 1. The fourth-order valence-corrected chi connectivity index (χ4v) is 2.08. The van der Waals surface area contributed by atoms with Crippen molar-refractivity contribution in [2.45, 2.75) is 19.8 Å². The highest BCUT2D eigenvalue weighted by molar-refractivity contribution is 6.30. The number of hydrogen-bond donors (Lipinski definition) is 1. The largest absolute Gasteiger partial charge is 0.354 e. The maximum absolute atomic E-state index is 11.5. The Labute approximate surface area is 115 Å². The smallest absolute Gasteiger partial charge is 0.271 e. The molecule has 0 aliphatic heterocycles. The van der Waals surface area contributed by atoms with Gasteiger partial charge in [0.2, 0.25) is 0 Å². The molecule has 0 bridgehead atoms. The maximum atomic E-state index is 11.5. The average molecular weight is 280 g/mol. The van der Waals surface area contributed by atoms with Crippen molar-refractivity contribution < 1.29 is 4.79 Å². The van der Waals surface area contributed by atoms with Gasteiger partial charge in [0.1, 0.15) is 11.5 Å². The molecule has 2 aromatic rings. The second-order valence-corrected chi connectivity index (χ2v) is 4.64. The summed E-state index contributed by atoms with van der Waals surface area (Å²) < 4.78 is 1.54. The van der Waals surface area contributed by atoms with Crippen molar-refractivity contribution in [3.8, 4) is 5.82 Å². The highest BCUT2D eigenvalue weighted by atomic mass is 35.5. The van der Waals surface area contributed by atoms with E-state index in [1.54, 1.807) is 19.3 Å². The molecule has 0 fully saturated rings. The van der Waals surface area contributed by atoms with Crippen LogP contribution in [0.2, 0.25) is 5.15 Å². The van der Waals surface area contributed by atoms with E-state index in [0.29, 0.717) is 16.7 Å². The summed E-state index contributed by atoms with van der Waals surface area (Å²) in [6.07, 6.45) is 3.06. The number of hydrogen-bond acceptors (Lipinski definition) is 4. The van der Waals surface area contributed by atoms with E-state index in [0.717, 1.165) is 5.56 Å². The Morgan fingerprint density at radius 2 is 2.16 bits per heavy atom. The molecule has 2 heterocycles. The van der Waals surface area contributed by atoms with Crippen LogP contribution in [0.3, 0.4) is 0 Å². The minimum Gasteiger partial charge on any atom is -0.354 e. The van der Waals surface area contributed by atoms with E-state index in [9.17, 15) is 4.79 Å². The molecule has 0 unspecified atom stereocenters. The molecule has 19 heavy (non-hydrogen) atoms. The molecule has 0 radical (unpaired) electrons. The summed E-state index contributed by atoms with van der Waals surface area (Å²) in [6.45, 7) is 3.99. The molecule has 0 aromatic carbocycles. The zero-order valence-electron chi connectivity index (χ0n) is 10.9. The average Bonchev–Trinajstić information content (AvgIpc) is 2.86. The van der Waals surface area contributed by atoms with Crippen LogP contribution in [0.1, 0.15) is 35.8 Å². The first-order valence-corrected chi connectivity index (χ1v) is 6.21. The molecule has 0 spiro atoms. The van der Waals surface area contributed by atoms with Crippen molar-refractivity contribution >= 4 is 17.5 Å². The summed E-state index contributed by atoms with van der Waals surface area (Å²) in [5.74, 6) is 0.492. The fraction of sp³-hybridized carbons (Fsp3) is 0.333. The SMILES string of the molecule is CNC(=O)c1ccn(-c2ncnc(Cl)c2C(C)C)n1. The molecule has 0 saturated carbocycles. The van der Waals surface area contributed by atoms with Gasteiger partial charge in [-0.05, 0) is 12.0 Å². The number of carbonyl (C=O) groups excluding carboxylic acids is 1. The van der Waals surface area contributed by atoms with Crippen LogP contribution in [-0.2, 0) is 0 Å². The summed E-state index contributed by atoms with van der Waals surface area (Å²) in [6, 6.07) is 1.62. The van der Waals surface area contributed by atoms with E-state index in [1.165, 1.54) is 11.0 Å². The Balaban J connectivity index is 2.50. The number of carbonyl (C=O) groups is 1. The molecular formula is C12H14ClN5O. The van der Waals surface area contributed by atoms with E-state index in [2.05, 4.69) is 20.4 Å². The number of aromatic nitrogens is 4. The van der Waals surface area contributed by atoms with E-state index < -0.39 is 0 Å². The molecule has 100 valence electrons. The van der Waals surface area contributed by atoms with Crippen LogP contribution in [0.15, 0.2) is 18.6 Å². The number of rotatable bonds is 3. The van der Waals surface area contributed by atoms with Gasteiger partial charge in [0.05, 0.1) is 0 Å². The Morgan fingerprint density at radius 3 is 2.79 bits per heavy atom. The lowest BCUT2D eigenvalue weighted by Crippen LogP contribution is -2.18. The lowest BCUT2D eigenvalue weighted by Gasteiger charge is -2.12. The second kappa shape index (κ2) is 5.36. The topological polar surface area (TPSA) is 72.7 Å². The van der Waals surface area contributed by atoms with Gasteiger partial charge in [-0.1, -0.05) is 25.4 Å². The predicted octanol–water partition coefficient (Wildman–Crippen LogP) is 1.80. The first-order valence-electron chi connectivity index (χ1n) is 5.83. The third-order valence-corrected chi connectivity index (χ3v) is 2.96. The molecule has 1 amide bonds. The molecule has 0 aliphatic rings. The molecule has 2 aromatic heterocycles. The van der Waals surface area contributed by atoms with E-state index in [-0.39, 0.29) is 11.8 Å². The molecule has 0 saturated heterocycles. The van der Waals surface area contributed by atoms with Crippen LogP contribution < -0.4 is 5.32 Å². The van der Waals surface area contributed by atoms with Gasteiger partial charge in [0, 0.05) is 18.8 Å². The van der Waals surface area contributed by atoms with Gasteiger partial charge in [0.15, 0.2) is 11.5 Å². The molecule has 7 heteroatoms. The normalized spacial score (nSPS) is 10.8. The third-order valence-electron chi connectivity index (χ3n) is 2.66. The second-order valence-electron chi connectivity index (χ2n) is 4.28. The first-order chi connectivity index (χ1) is 9.04.